The van der Waals surface area contributed by atoms with Crippen LogP contribution < -0.4 is 4.74 Å². The maximum atomic E-state index is 5.25. The van der Waals surface area contributed by atoms with E-state index in [2.05, 4.69) is 57.2 Å². The van der Waals surface area contributed by atoms with Gasteiger partial charge >= 0.3 is 0 Å². The molecule has 1 heteroatoms. The van der Waals surface area contributed by atoms with Gasteiger partial charge in [0.05, 0.1) is 7.11 Å². The number of hydrogen-bond acceptors (Lipinski definition) is 1. The van der Waals surface area contributed by atoms with Crippen LogP contribution in [0.2, 0.25) is 0 Å². The first-order chi connectivity index (χ1) is 8.50. The third-order valence-corrected chi connectivity index (χ3v) is 3.15. The minimum atomic E-state index is 0.201. The topological polar surface area (TPSA) is 9.23 Å². The van der Waals surface area contributed by atoms with E-state index < -0.39 is 0 Å². The second-order valence-corrected chi connectivity index (χ2v) is 5.56. The first-order valence-corrected chi connectivity index (χ1v) is 6.26. The number of hydrogen-bond donors (Lipinski definition) is 0. The zero-order valence-electron chi connectivity index (χ0n) is 11.5. The molecule has 0 atom stereocenters. The van der Waals surface area contributed by atoms with Crippen LogP contribution in [-0.2, 0) is 5.41 Å². The van der Waals surface area contributed by atoms with E-state index in [4.69, 9.17) is 4.74 Å². The van der Waals surface area contributed by atoms with E-state index in [1.807, 2.05) is 12.1 Å². The quantitative estimate of drug-likeness (QED) is 0.741. The van der Waals surface area contributed by atoms with Crippen LogP contribution in [0.1, 0.15) is 26.3 Å². The molecule has 2 aromatic carbocycles. The fourth-order valence-corrected chi connectivity index (χ4v) is 1.97. The zero-order valence-corrected chi connectivity index (χ0v) is 11.5. The fraction of sp³-hybridized carbons (Fsp3) is 0.294. The highest BCUT2D eigenvalue weighted by Gasteiger charge is 2.12. The monoisotopic (exact) mass is 240 g/mol. The molecule has 2 rings (SSSR count). The van der Waals surface area contributed by atoms with Gasteiger partial charge in [-0.1, -0.05) is 57.2 Å². The summed E-state index contributed by atoms with van der Waals surface area (Å²) in [5, 5.41) is 0. The van der Waals surface area contributed by atoms with Crippen molar-refractivity contribution in [3.8, 4) is 16.9 Å². The van der Waals surface area contributed by atoms with Crippen LogP contribution in [0.5, 0.6) is 5.75 Å². The molecule has 0 saturated heterocycles. The normalized spacial score (nSPS) is 11.3. The fourth-order valence-electron chi connectivity index (χ4n) is 1.97. The summed E-state index contributed by atoms with van der Waals surface area (Å²) in [5.41, 5.74) is 3.97. The lowest BCUT2D eigenvalue weighted by Gasteiger charge is -2.19. The van der Waals surface area contributed by atoms with Gasteiger partial charge in [-0.3, -0.25) is 0 Å². The first-order valence-electron chi connectivity index (χ1n) is 6.26. The molecule has 0 heterocycles. The van der Waals surface area contributed by atoms with Gasteiger partial charge in [0.25, 0.3) is 0 Å². The van der Waals surface area contributed by atoms with Crippen molar-refractivity contribution in [2.24, 2.45) is 0 Å². The van der Waals surface area contributed by atoms with Crippen molar-refractivity contribution in [1.82, 2.24) is 0 Å². The Bertz CT molecular complexity index is 518. The first kappa shape index (κ1) is 12.7. The molecule has 0 unspecified atom stereocenters. The van der Waals surface area contributed by atoms with Gasteiger partial charge in [0.2, 0.25) is 0 Å². The highest BCUT2D eigenvalue weighted by Crippen LogP contribution is 2.27. The molecule has 94 valence electrons. The number of methoxy groups -OCH3 is 1. The van der Waals surface area contributed by atoms with E-state index in [-0.39, 0.29) is 5.41 Å². The van der Waals surface area contributed by atoms with Crippen LogP contribution in [0, 0.1) is 0 Å². The largest absolute Gasteiger partial charge is 0.497 e. The van der Waals surface area contributed by atoms with Gasteiger partial charge in [-0.2, -0.15) is 0 Å². The van der Waals surface area contributed by atoms with Crippen molar-refractivity contribution in [3.63, 3.8) is 0 Å². The second-order valence-electron chi connectivity index (χ2n) is 5.56. The Kier molecular flexibility index (Phi) is 3.42. The van der Waals surface area contributed by atoms with Gasteiger partial charge in [-0.05, 0) is 34.2 Å². The van der Waals surface area contributed by atoms with Gasteiger partial charge in [0, 0.05) is 0 Å². The molecular formula is C17H20O. The lowest BCUT2D eigenvalue weighted by molar-refractivity contribution is 0.415. The Morgan fingerprint density at radius 1 is 0.833 bits per heavy atom. The summed E-state index contributed by atoms with van der Waals surface area (Å²) in [5.74, 6) is 0.896. The molecule has 2 aromatic rings. The Morgan fingerprint density at radius 2 is 1.50 bits per heavy atom. The number of benzene rings is 2. The maximum absolute atomic E-state index is 5.25. The Labute approximate surface area is 109 Å². The van der Waals surface area contributed by atoms with E-state index >= 15 is 0 Å². The molecule has 0 radical (unpaired) electrons. The third kappa shape index (κ3) is 2.73. The molecule has 0 aromatic heterocycles. The zero-order chi connectivity index (χ0) is 13.2. The van der Waals surface area contributed by atoms with Crippen LogP contribution in [0.3, 0.4) is 0 Å². The molecule has 0 aliphatic rings. The van der Waals surface area contributed by atoms with E-state index in [0.29, 0.717) is 0 Å². The molecule has 18 heavy (non-hydrogen) atoms. The van der Waals surface area contributed by atoms with Gasteiger partial charge in [-0.25, -0.2) is 0 Å². The Morgan fingerprint density at radius 3 is 2.06 bits per heavy atom. The van der Waals surface area contributed by atoms with E-state index in [1.54, 1.807) is 7.11 Å². The Balaban J connectivity index is 2.34. The summed E-state index contributed by atoms with van der Waals surface area (Å²) in [7, 11) is 1.70. The molecule has 0 aliphatic carbocycles. The predicted molar refractivity (Wildman–Crippen MR) is 77.1 cm³/mol. The van der Waals surface area contributed by atoms with Crippen molar-refractivity contribution in [1.29, 1.82) is 0 Å². The van der Waals surface area contributed by atoms with Crippen molar-refractivity contribution >= 4 is 0 Å². The summed E-state index contributed by atoms with van der Waals surface area (Å²) >= 11 is 0. The minimum absolute atomic E-state index is 0.201. The van der Waals surface area contributed by atoms with Gasteiger partial charge in [0.15, 0.2) is 0 Å². The summed E-state index contributed by atoms with van der Waals surface area (Å²) in [6.07, 6.45) is 0. The van der Waals surface area contributed by atoms with Crippen LogP contribution in [0.15, 0.2) is 48.5 Å². The highest BCUT2D eigenvalue weighted by atomic mass is 16.5. The lowest BCUT2D eigenvalue weighted by Crippen LogP contribution is -2.10. The summed E-state index contributed by atoms with van der Waals surface area (Å²) < 4.78 is 5.25. The summed E-state index contributed by atoms with van der Waals surface area (Å²) in [6, 6.07) is 16.9. The number of ether oxygens (including phenoxy) is 1. The third-order valence-electron chi connectivity index (χ3n) is 3.15. The second kappa shape index (κ2) is 4.85. The van der Waals surface area contributed by atoms with Crippen molar-refractivity contribution in [2.75, 3.05) is 7.11 Å². The van der Waals surface area contributed by atoms with Crippen molar-refractivity contribution in [3.05, 3.63) is 54.1 Å². The molecule has 0 amide bonds. The molecular weight excluding hydrogens is 220 g/mol. The number of rotatable bonds is 2. The van der Waals surface area contributed by atoms with Crippen LogP contribution in [0.4, 0.5) is 0 Å². The van der Waals surface area contributed by atoms with Gasteiger partial charge in [0.1, 0.15) is 5.75 Å². The molecule has 0 saturated carbocycles. The average molecular weight is 240 g/mol. The standard InChI is InChI=1S/C17H20O/c1-17(2,3)15-10-8-13(9-11-15)14-6-5-7-16(12-14)18-4/h5-12H,1-4H3. The van der Waals surface area contributed by atoms with Crippen LogP contribution in [0.25, 0.3) is 11.1 Å². The maximum Gasteiger partial charge on any atom is 0.119 e. The van der Waals surface area contributed by atoms with E-state index in [9.17, 15) is 0 Å². The molecule has 0 spiro atoms. The van der Waals surface area contributed by atoms with Crippen molar-refractivity contribution < 1.29 is 4.74 Å². The van der Waals surface area contributed by atoms with E-state index in [1.165, 1.54) is 16.7 Å². The summed E-state index contributed by atoms with van der Waals surface area (Å²) in [4.78, 5) is 0. The van der Waals surface area contributed by atoms with E-state index in [0.717, 1.165) is 5.75 Å². The smallest absolute Gasteiger partial charge is 0.119 e. The lowest BCUT2D eigenvalue weighted by atomic mass is 9.86. The van der Waals surface area contributed by atoms with Crippen LogP contribution in [-0.4, -0.2) is 7.11 Å². The average Bonchev–Trinajstić information content (AvgIpc) is 2.38. The molecule has 1 nitrogen and oxygen atoms in total. The SMILES string of the molecule is COc1cccc(-c2ccc(C(C)(C)C)cc2)c1. The molecule has 0 aliphatic heterocycles. The predicted octanol–water partition coefficient (Wildman–Crippen LogP) is 4.66. The molecule has 0 bridgehead atoms. The minimum Gasteiger partial charge on any atom is -0.497 e. The summed E-state index contributed by atoms with van der Waals surface area (Å²) in [6.45, 7) is 6.69. The molecule has 0 N–H and O–H groups in total. The van der Waals surface area contributed by atoms with Crippen LogP contribution >= 0.6 is 0 Å². The Hall–Kier alpha value is -1.76. The highest BCUT2D eigenvalue weighted by molar-refractivity contribution is 5.65. The molecule has 0 fully saturated rings. The van der Waals surface area contributed by atoms with Crippen molar-refractivity contribution in [2.45, 2.75) is 26.2 Å². The van der Waals surface area contributed by atoms with Gasteiger partial charge < -0.3 is 4.74 Å². The van der Waals surface area contributed by atoms with Gasteiger partial charge in [-0.15, -0.1) is 0 Å².